The fourth-order valence-corrected chi connectivity index (χ4v) is 4.46. The second-order valence-corrected chi connectivity index (χ2v) is 8.09. The van der Waals surface area contributed by atoms with Gasteiger partial charge < -0.3 is 15.1 Å². The van der Waals surface area contributed by atoms with Crippen molar-refractivity contribution in [2.45, 2.75) is 24.8 Å². The van der Waals surface area contributed by atoms with Crippen LogP contribution in [0, 0.1) is 0 Å². The molecule has 0 bridgehead atoms. The lowest BCUT2D eigenvalue weighted by atomic mass is 9.86. The van der Waals surface area contributed by atoms with Gasteiger partial charge in [0.2, 0.25) is 5.91 Å². The Hall–Kier alpha value is -2.60. The molecule has 148 valence electrons. The number of benzene rings is 2. The predicted octanol–water partition coefficient (Wildman–Crippen LogP) is 3.00. The van der Waals surface area contributed by atoms with E-state index in [9.17, 15) is 9.59 Å². The van der Waals surface area contributed by atoms with Crippen molar-refractivity contribution in [2.24, 2.45) is 0 Å². The zero-order valence-corrected chi connectivity index (χ0v) is 16.6. The summed E-state index contributed by atoms with van der Waals surface area (Å²) in [7, 11) is 3.99. The van der Waals surface area contributed by atoms with Crippen LogP contribution < -0.4 is 5.32 Å². The number of piperazine rings is 1. The van der Waals surface area contributed by atoms with Gasteiger partial charge in [-0.05, 0) is 31.3 Å². The summed E-state index contributed by atoms with van der Waals surface area (Å²) >= 11 is 0. The monoisotopic (exact) mass is 380 g/mol. The maximum absolute atomic E-state index is 13.1. The van der Waals surface area contributed by atoms with Crippen molar-refractivity contribution in [3.05, 3.63) is 42.5 Å². The van der Waals surface area contributed by atoms with E-state index in [-0.39, 0.29) is 17.5 Å². The minimum Gasteiger partial charge on any atom is -0.346 e. The van der Waals surface area contributed by atoms with Gasteiger partial charge in [-0.15, -0.1) is 0 Å². The molecule has 3 amide bonds. The molecule has 0 aliphatic carbocycles. The normalized spacial score (nSPS) is 23.9. The van der Waals surface area contributed by atoms with Gasteiger partial charge in [0.05, 0.1) is 5.69 Å². The number of carbonyl (C=O) groups is 2. The Balaban J connectivity index is 1.52. The lowest BCUT2D eigenvalue weighted by Gasteiger charge is -2.49. The number of amides is 3. The molecule has 2 heterocycles. The van der Waals surface area contributed by atoms with Gasteiger partial charge in [0, 0.05) is 50.6 Å². The molecule has 6 heteroatoms. The van der Waals surface area contributed by atoms with Crippen LogP contribution in [0.3, 0.4) is 0 Å². The van der Waals surface area contributed by atoms with Crippen LogP contribution in [0.1, 0.15) is 19.3 Å². The Labute approximate surface area is 166 Å². The molecular weight excluding hydrogens is 352 g/mol. The average molecular weight is 380 g/mol. The predicted molar refractivity (Wildman–Crippen MR) is 111 cm³/mol. The number of hydrogen-bond acceptors (Lipinski definition) is 3. The van der Waals surface area contributed by atoms with Gasteiger partial charge in [0.15, 0.2) is 0 Å². The first-order valence-corrected chi connectivity index (χ1v) is 9.97. The average Bonchev–Trinajstić information content (AvgIpc) is 2.85. The maximum Gasteiger partial charge on any atom is 0.321 e. The molecule has 1 spiro atoms. The summed E-state index contributed by atoms with van der Waals surface area (Å²) in [6.07, 6.45) is 2.23. The van der Waals surface area contributed by atoms with Crippen LogP contribution in [-0.2, 0) is 4.79 Å². The first-order chi connectivity index (χ1) is 13.5. The third-order valence-corrected chi connectivity index (χ3v) is 6.46. The molecule has 0 saturated carbocycles. The molecule has 6 nitrogen and oxygen atoms in total. The van der Waals surface area contributed by atoms with Crippen molar-refractivity contribution in [1.29, 1.82) is 0 Å². The van der Waals surface area contributed by atoms with Gasteiger partial charge in [-0.1, -0.05) is 36.4 Å². The van der Waals surface area contributed by atoms with Gasteiger partial charge in [-0.3, -0.25) is 9.69 Å². The quantitative estimate of drug-likeness (QED) is 0.827. The van der Waals surface area contributed by atoms with Crippen LogP contribution in [0.5, 0.6) is 0 Å². The van der Waals surface area contributed by atoms with E-state index in [0.29, 0.717) is 19.5 Å². The largest absolute Gasteiger partial charge is 0.346 e. The smallest absolute Gasteiger partial charge is 0.321 e. The van der Waals surface area contributed by atoms with Gasteiger partial charge in [-0.25, -0.2) is 4.79 Å². The Kier molecular flexibility index (Phi) is 4.98. The summed E-state index contributed by atoms with van der Waals surface area (Å²) < 4.78 is 0. The number of carbonyl (C=O) groups excluding carboxylic acids is 2. The third-order valence-electron chi connectivity index (χ3n) is 6.46. The number of nitrogens with one attached hydrogen (secondary N) is 1. The van der Waals surface area contributed by atoms with Crippen LogP contribution in [0.4, 0.5) is 10.5 Å². The summed E-state index contributed by atoms with van der Waals surface area (Å²) in [6.45, 7) is 2.91. The van der Waals surface area contributed by atoms with Gasteiger partial charge in [-0.2, -0.15) is 0 Å². The molecule has 1 atom stereocenters. The zero-order chi connectivity index (χ0) is 19.7. The standard InChI is InChI=1S/C22H28N4O2/c1-24-13-12-22(11-10-20(24)27)16-26(15-14-25(22)2)21(28)23-19-9-5-7-17-6-3-4-8-18(17)19/h3-9H,10-16H2,1-2H3,(H,23,28)/t22-/m0/s1. The second kappa shape index (κ2) is 7.43. The molecule has 2 aliphatic rings. The summed E-state index contributed by atoms with van der Waals surface area (Å²) in [5.74, 6) is 0.197. The highest BCUT2D eigenvalue weighted by molar-refractivity contribution is 6.01. The van der Waals surface area contributed by atoms with Crippen LogP contribution >= 0.6 is 0 Å². The lowest BCUT2D eigenvalue weighted by molar-refractivity contribution is -0.129. The number of fused-ring (bicyclic) bond motifs is 1. The minimum absolute atomic E-state index is 0.0623. The molecule has 2 saturated heterocycles. The van der Waals surface area contributed by atoms with Crippen molar-refractivity contribution in [2.75, 3.05) is 45.6 Å². The number of nitrogens with zero attached hydrogens (tertiary/aromatic N) is 3. The summed E-state index contributed by atoms with van der Waals surface area (Å²) in [5.41, 5.74) is 0.709. The van der Waals surface area contributed by atoms with Crippen LogP contribution in [-0.4, -0.2) is 72.5 Å². The highest BCUT2D eigenvalue weighted by Crippen LogP contribution is 2.32. The van der Waals surface area contributed by atoms with Crippen molar-refractivity contribution in [1.82, 2.24) is 14.7 Å². The van der Waals surface area contributed by atoms with E-state index in [0.717, 1.165) is 42.4 Å². The molecule has 0 radical (unpaired) electrons. The molecular formula is C22H28N4O2. The molecule has 0 aromatic heterocycles. The highest BCUT2D eigenvalue weighted by Gasteiger charge is 2.43. The maximum atomic E-state index is 13.1. The second-order valence-electron chi connectivity index (χ2n) is 8.09. The van der Waals surface area contributed by atoms with Crippen LogP contribution in [0.25, 0.3) is 10.8 Å². The van der Waals surface area contributed by atoms with Crippen molar-refractivity contribution >= 4 is 28.4 Å². The molecule has 2 fully saturated rings. The fraction of sp³-hybridized carbons (Fsp3) is 0.455. The van der Waals surface area contributed by atoms with E-state index in [2.05, 4.69) is 29.4 Å². The number of anilines is 1. The summed E-state index contributed by atoms with van der Waals surface area (Å²) in [5, 5.41) is 5.27. The fourth-order valence-electron chi connectivity index (χ4n) is 4.46. The van der Waals surface area contributed by atoms with Crippen molar-refractivity contribution in [3.63, 3.8) is 0 Å². The molecule has 2 aromatic rings. The van der Waals surface area contributed by atoms with E-state index in [1.54, 1.807) is 0 Å². The molecule has 4 rings (SSSR count). The highest BCUT2D eigenvalue weighted by atomic mass is 16.2. The molecule has 1 N–H and O–H groups in total. The van der Waals surface area contributed by atoms with Crippen LogP contribution in [0.2, 0.25) is 0 Å². The third kappa shape index (κ3) is 3.44. The minimum atomic E-state index is -0.130. The molecule has 2 aliphatic heterocycles. The van der Waals surface area contributed by atoms with Crippen molar-refractivity contribution in [3.8, 4) is 0 Å². The van der Waals surface area contributed by atoms with Crippen LogP contribution in [0.15, 0.2) is 42.5 Å². The number of likely N-dealkylation sites (N-methyl/N-ethyl adjacent to an activating group) is 1. The van der Waals surface area contributed by atoms with Gasteiger partial charge in [0.1, 0.15) is 0 Å². The lowest BCUT2D eigenvalue weighted by Crippen LogP contribution is -2.62. The Morgan fingerprint density at radius 2 is 1.79 bits per heavy atom. The Bertz CT molecular complexity index is 894. The summed E-state index contributed by atoms with van der Waals surface area (Å²) in [6, 6.07) is 14.0. The molecule has 0 unspecified atom stereocenters. The van der Waals surface area contributed by atoms with Gasteiger partial charge in [0.25, 0.3) is 0 Å². The van der Waals surface area contributed by atoms with E-state index in [4.69, 9.17) is 0 Å². The topological polar surface area (TPSA) is 55.9 Å². The SMILES string of the molecule is CN1CC[C@@]2(CCC1=O)CN(C(=O)Nc1cccc3ccccc13)CCN2C. The Morgan fingerprint density at radius 1 is 1.00 bits per heavy atom. The van der Waals surface area contributed by atoms with E-state index in [1.165, 1.54) is 0 Å². The van der Waals surface area contributed by atoms with E-state index >= 15 is 0 Å². The number of rotatable bonds is 1. The first kappa shape index (κ1) is 18.7. The number of urea groups is 1. The Morgan fingerprint density at radius 3 is 2.64 bits per heavy atom. The molecule has 28 heavy (non-hydrogen) atoms. The van der Waals surface area contributed by atoms with E-state index < -0.39 is 0 Å². The first-order valence-electron chi connectivity index (χ1n) is 9.97. The summed E-state index contributed by atoms with van der Waals surface area (Å²) in [4.78, 5) is 31.3. The number of hydrogen-bond donors (Lipinski definition) is 1. The number of likely N-dealkylation sites (tertiary alicyclic amines) is 1. The van der Waals surface area contributed by atoms with E-state index in [1.807, 2.05) is 47.2 Å². The van der Waals surface area contributed by atoms with Crippen molar-refractivity contribution < 1.29 is 9.59 Å². The van der Waals surface area contributed by atoms with Gasteiger partial charge >= 0.3 is 6.03 Å². The molecule has 2 aromatic carbocycles. The zero-order valence-electron chi connectivity index (χ0n) is 16.6.